The molecule has 134 valence electrons. The molecule has 0 heterocycles. The topological polar surface area (TPSA) is 73.6 Å². The van der Waals surface area contributed by atoms with Gasteiger partial charge in [-0.05, 0) is 30.2 Å². The standard InChI is InChI=1S/C17H18F2N2O4/c1-2-24-16-9-13(5-8-15(16)25-17(18)19)11-20-10-12-3-6-14(7-4-12)21(22)23/h3-9,17,20H,2,10-11H2,1H3. The minimum absolute atomic E-state index is 0.00373. The summed E-state index contributed by atoms with van der Waals surface area (Å²) >= 11 is 0. The number of ether oxygens (including phenoxy) is 2. The molecule has 0 fully saturated rings. The fraction of sp³-hybridized carbons (Fsp3) is 0.294. The minimum Gasteiger partial charge on any atom is -0.490 e. The molecule has 0 amide bonds. The van der Waals surface area contributed by atoms with Crippen molar-refractivity contribution < 1.29 is 23.2 Å². The fourth-order valence-electron chi connectivity index (χ4n) is 2.21. The molecule has 0 bridgehead atoms. The van der Waals surface area contributed by atoms with Crippen LogP contribution in [0.25, 0.3) is 0 Å². The minimum atomic E-state index is -2.91. The van der Waals surface area contributed by atoms with Crippen molar-refractivity contribution >= 4 is 5.69 Å². The zero-order valence-electron chi connectivity index (χ0n) is 13.6. The second-order valence-electron chi connectivity index (χ2n) is 5.12. The monoisotopic (exact) mass is 352 g/mol. The second-order valence-corrected chi connectivity index (χ2v) is 5.12. The lowest BCUT2D eigenvalue weighted by molar-refractivity contribution is -0.384. The van der Waals surface area contributed by atoms with E-state index in [0.29, 0.717) is 19.7 Å². The molecule has 0 aromatic heterocycles. The number of hydrogen-bond acceptors (Lipinski definition) is 5. The van der Waals surface area contributed by atoms with E-state index < -0.39 is 11.5 Å². The number of nitro groups is 1. The van der Waals surface area contributed by atoms with Crippen LogP contribution < -0.4 is 14.8 Å². The van der Waals surface area contributed by atoms with Crippen LogP contribution in [0.5, 0.6) is 11.5 Å². The van der Waals surface area contributed by atoms with E-state index in [1.54, 1.807) is 31.2 Å². The number of non-ortho nitro benzene ring substituents is 1. The zero-order chi connectivity index (χ0) is 18.2. The molecule has 0 unspecified atom stereocenters. The average Bonchev–Trinajstić information content (AvgIpc) is 2.57. The van der Waals surface area contributed by atoms with Gasteiger partial charge in [-0.25, -0.2) is 0 Å². The molecule has 0 aliphatic rings. The second kappa shape index (κ2) is 8.93. The van der Waals surface area contributed by atoms with E-state index in [4.69, 9.17) is 4.74 Å². The van der Waals surface area contributed by atoms with Crippen LogP contribution in [0.1, 0.15) is 18.1 Å². The van der Waals surface area contributed by atoms with Crippen molar-refractivity contribution in [2.24, 2.45) is 0 Å². The van der Waals surface area contributed by atoms with Gasteiger partial charge in [0.1, 0.15) is 0 Å². The highest BCUT2D eigenvalue weighted by Crippen LogP contribution is 2.29. The first-order valence-corrected chi connectivity index (χ1v) is 7.64. The Morgan fingerprint density at radius 2 is 1.72 bits per heavy atom. The van der Waals surface area contributed by atoms with Crippen LogP contribution in [0.2, 0.25) is 0 Å². The normalized spacial score (nSPS) is 10.7. The van der Waals surface area contributed by atoms with Crippen LogP contribution in [0.4, 0.5) is 14.5 Å². The summed E-state index contributed by atoms with van der Waals surface area (Å²) in [4.78, 5) is 10.2. The largest absolute Gasteiger partial charge is 0.490 e. The Hall–Kier alpha value is -2.74. The number of nitro benzene ring substituents is 1. The third-order valence-corrected chi connectivity index (χ3v) is 3.33. The van der Waals surface area contributed by atoms with Crippen molar-refractivity contribution in [1.29, 1.82) is 0 Å². The van der Waals surface area contributed by atoms with Crippen LogP contribution in [0.3, 0.4) is 0 Å². The molecule has 1 N–H and O–H groups in total. The van der Waals surface area contributed by atoms with E-state index in [2.05, 4.69) is 10.1 Å². The molecule has 2 rings (SSSR count). The lowest BCUT2D eigenvalue weighted by Gasteiger charge is -2.13. The first kappa shape index (κ1) is 18.6. The number of alkyl halides is 2. The summed E-state index contributed by atoms with van der Waals surface area (Å²) in [5, 5.41) is 13.8. The van der Waals surface area contributed by atoms with Crippen molar-refractivity contribution in [3.05, 3.63) is 63.7 Å². The Balaban J connectivity index is 1.95. The van der Waals surface area contributed by atoms with Crippen molar-refractivity contribution in [3.8, 4) is 11.5 Å². The molecule has 2 aromatic carbocycles. The molecular weight excluding hydrogens is 334 g/mol. The van der Waals surface area contributed by atoms with Gasteiger partial charge in [-0.3, -0.25) is 10.1 Å². The molecule has 0 saturated heterocycles. The fourth-order valence-corrected chi connectivity index (χ4v) is 2.21. The van der Waals surface area contributed by atoms with E-state index in [1.807, 2.05) is 0 Å². The number of nitrogens with zero attached hydrogens (tertiary/aromatic N) is 1. The van der Waals surface area contributed by atoms with Crippen LogP contribution in [0.15, 0.2) is 42.5 Å². The van der Waals surface area contributed by atoms with Gasteiger partial charge in [0.05, 0.1) is 11.5 Å². The van der Waals surface area contributed by atoms with Gasteiger partial charge in [0.25, 0.3) is 5.69 Å². The van der Waals surface area contributed by atoms with Gasteiger partial charge in [-0.1, -0.05) is 18.2 Å². The molecule has 0 aliphatic heterocycles. The molecule has 0 atom stereocenters. The maximum atomic E-state index is 12.4. The lowest BCUT2D eigenvalue weighted by atomic mass is 10.1. The Kier molecular flexibility index (Phi) is 6.64. The summed E-state index contributed by atoms with van der Waals surface area (Å²) < 4.78 is 34.5. The van der Waals surface area contributed by atoms with Gasteiger partial charge in [0.15, 0.2) is 11.5 Å². The highest BCUT2D eigenvalue weighted by Gasteiger charge is 2.11. The summed E-state index contributed by atoms with van der Waals surface area (Å²) in [6.45, 7) is 0.166. The third kappa shape index (κ3) is 5.68. The molecule has 6 nitrogen and oxygen atoms in total. The van der Waals surface area contributed by atoms with Crippen LogP contribution in [-0.4, -0.2) is 18.1 Å². The molecule has 25 heavy (non-hydrogen) atoms. The Morgan fingerprint density at radius 1 is 1.08 bits per heavy atom. The van der Waals surface area contributed by atoms with Crippen molar-refractivity contribution in [2.75, 3.05) is 6.61 Å². The highest BCUT2D eigenvalue weighted by atomic mass is 19.3. The lowest BCUT2D eigenvalue weighted by Crippen LogP contribution is -2.13. The maximum absolute atomic E-state index is 12.4. The maximum Gasteiger partial charge on any atom is 0.387 e. The summed E-state index contributed by atoms with van der Waals surface area (Å²) in [5.74, 6) is 0.258. The highest BCUT2D eigenvalue weighted by molar-refractivity contribution is 5.43. The first-order valence-electron chi connectivity index (χ1n) is 7.64. The Bertz CT molecular complexity index is 708. The number of hydrogen-bond donors (Lipinski definition) is 1. The molecular formula is C17H18F2N2O4. The van der Waals surface area contributed by atoms with Gasteiger partial charge in [-0.15, -0.1) is 0 Å². The number of benzene rings is 2. The molecule has 0 saturated carbocycles. The summed E-state index contributed by atoms with van der Waals surface area (Å²) in [5.41, 5.74) is 1.78. The summed E-state index contributed by atoms with van der Waals surface area (Å²) in [6.07, 6.45) is 0. The van der Waals surface area contributed by atoms with E-state index >= 15 is 0 Å². The zero-order valence-corrected chi connectivity index (χ0v) is 13.6. The Morgan fingerprint density at radius 3 is 2.32 bits per heavy atom. The van der Waals surface area contributed by atoms with Gasteiger partial charge < -0.3 is 14.8 Å². The molecule has 0 spiro atoms. The quantitative estimate of drug-likeness (QED) is 0.547. The molecule has 2 aromatic rings. The predicted octanol–water partition coefficient (Wildman–Crippen LogP) is 3.88. The SMILES string of the molecule is CCOc1cc(CNCc2ccc([N+](=O)[O-])cc2)ccc1OC(F)F. The van der Waals surface area contributed by atoms with Crippen molar-refractivity contribution in [1.82, 2.24) is 5.32 Å². The average molecular weight is 352 g/mol. The van der Waals surface area contributed by atoms with Crippen LogP contribution in [0, 0.1) is 10.1 Å². The van der Waals surface area contributed by atoms with Gasteiger partial charge in [0.2, 0.25) is 0 Å². The van der Waals surface area contributed by atoms with Crippen molar-refractivity contribution in [2.45, 2.75) is 26.6 Å². The number of rotatable bonds is 9. The molecule has 0 aliphatic carbocycles. The smallest absolute Gasteiger partial charge is 0.387 e. The van der Waals surface area contributed by atoms with Crippen LogP contribution in [-0.2, 0) is 13.1 Å². The number of nitrogens with one attached hydrogen (secondary N) is 1. The summed E-state index contributed by atoms with van der Waals surface area (Å²) in [7, 11) is 0. The molecule has 0 radical (unpaired) electrons. The molecule has 8 heteroatoms. The van der Waals surface area contributed by atoms with E-state index in [-0.39, 0.29) is 17.2 Å². The van der Waals surface area contributed by atoms with Crippen LogP contribution >= 0.6 is 0 Å². The van der Waals surface area contributed by atoms with E-state index in [1.165, 1.54) is 18.2 Å². The van der Waals surface area contributed by atoms with E-state index in [9.17, 15) is 18.9 Å². The van der Waals surface area contributed by atoms with Gasteiger partial charge in [-0.2, -0.15) is 8.78 Å². The Labute approximate surface area is 143 Å². The van der Waals surface area contributed by atoms with Gasteiger partial charge in [0, 0.05) is 25.2 Å². The van der Waals surface area contributed by atoms with E-state index in [0.717, 1.165) is 11.1 Å². The van der Waals surface area contributed by atoms with Crippen molar-refractivity contribution in [3.63, 3.8) is 0 Å². The predicted molar refractivity (Wildman–Crippen MR) is 87.9 cm³/mol. The third-order valence-electron chi connectivity index (χ3n) is 3.33. The summed E-state index contributed by atoms with van der Waals surface area (Å²) in [6, 6.07) is 11.0. The first-order chi connectivity index (χ1) is 12.0. The van der Waals surface area contributed by atoms with Gasteiger partial charge >= 0.3 is 6.61 Å². The number of halogens is 2.